The highest BCUT2D eigenvalue weighted by atomic mass is 32.1. The van der Waals surface area contributed by atoms with Crippen LogP contribution in [0.3, 0.4) is 0 Å². The van der Waals surface area contributed by atoms with Gasteiger partial charge in [-0.25, -0.2) is 14.6 Å². The van der Waals surface area contributed by atoms with Gasteiger partial charge in [0.15, 0.2) is 0 Å². The first-order valence-electron chi connectivity index (χ1n) is 8.13. The van der Waals surface area contributed by atoms with E-state index >= 15 is 0 Å². The molecule has 0 radical (unpaired) electrons. The van der Waals surface area contributed by atoms with Gasteiger partial charge in [-0.05, 0) is 19.1 Å². The standard InChI is InChI=1S/C17H20N4O3S/c1-2-24-17(23)21-9-7-20(8-10-21)16(22)19-14-5-3-13(4-6-14)15-11-25-12-18-15/h3-6,11-12H,2,7-10H2,1H3,(H,19,22). The Morgan fingerprint density at radius 3 is 2.44 bits per heavy atom. The van der Waals surface area contributed by atoms with Crippen molar-refractivity contribution in [1.82, 2.24) is 14.8 Å². The van der Waals surface area contributed by atoms with Crippen molar-refractivity contribution in [3.05, 3.63) is 35.2 Å². The van der Waals surface area contributed by atoms with Gasteiger partial charge in [0, 0.05) is 42.8 Å². The molecule has 1 N–H and O–H groups in total. The van der Waals surface area contributed by atoms with Gasteiger partial charge in [-0.3, -0.25) is 0 Å². The number of amides is 3. The zero-order valence-electron chi connectivity index (χ0n) is 14.0. The number of carbonyl (C=O) groups excluding carboxylic acids is 2. The third-order valence-corrected chi connectivity index (χ3v) is 4.54. The first-order valence-corrected chi connectivity index (χ1v) is 9.08. The van der Waals surface area contributed by atoms with Gasteiger partial charge in [0.1, 0.15) is 0 Å². The van der Waals surface area contributed by atoms with Crippen LogP contribution >= 0.6 is 11.3 Å². The average molecular weight is 360 g/mol. The van der Waals surface area contributed by atoms with Crippen LogP contribution in [0.2, 0.25) is 0 Å². The SMILES string of the molecule is CCOC(=O)N1CCN(C(=O)Nc2ccc(-c3cscn3)cc2)CC1. The number of rotatable bonds is 3. The molecule has 25 heavy (non-hydrogen) atoms. The molecule has 8 heteroatoms. The fraction of sp³-hybridized carbons (Fsp3) is 0.353. The number of aromatic nitrogens is 1. The number of carbonyl (C=O) groups is 2. The molecule has 0 saturated carbocycles. The van der Waals surface area contributed by atoms with Crippen LogP contribution in [-0.4, -0.2) is 59.7 Å². The molecule has 0 aliphatic carbocycles. The Balaban J connectivity index is 1.52. The third kappa shape index (κ3) is 4.27. The molecule has 132 valence electrons. The number of ether oxygens (including phenoxy) is 1. The summed E-state index contributed by atoms with van der Waals surface area (Å²) < 4.78 is 4.98. The predicted octanol–water partition coefficient (Wildman–Crippen LogP) is 3.12. The van der Waals surface area contributed by atoms with Gasteiger partial charge in [0.25, 0.3) is 0 Å². The van der Waals surface area contributed by atoms with E-state index in [1.165, 1.54) is 0 Å². The normalized spacial score (nSPS) is 14.3. The van der Waals surface area contributed by atoms with Crippen LogP contribution in [0, 0.1) is 0 Å². The molecule has 0 atom stereocenters. The van der Waals surface area contributed by atoms with E-state index in [0.29, 0.717) is 32.8 Å². The monoisotopic (exact) mass is 360 g/mol. The Morgan fingerprint density at radius 1 is 1.16 bits per heavy atom. The van der Waals surface area contributed by atoms with Crippen LogP contribution in [0.25, 0.3) is 11.3 Å². The van der Waals surface area contributed by atoms with Crippen molar-refractivity contribution in [2.24, 2.45) is 0 Å². The highest BCUT2D eigenvalue weighted by Crippen LogP contribution is 2.21. The van der Waals surface area contributed by atoms with Crippen LogP contribution in [-0.2, 0) is 4.74 Å². The number of anilines is 1. The first-order chi connectivity index (χ1) is 12.2. The number of nitrogens with one attached hydrogen (secondary N) is 1. The Bertz CT molecular complexity index is 710. The quantitative estimate of drug-likeness (QED) is 0.913. The van der Waals surface area contributed by atoms with E-state index in [1.54, 1.807) is 33.6 Å². The van der Waals surface area contributed by atoms with E-state index in [4.69, 9.17) is 4.74 Å². The number of benzene rings is 1. The number of hydrogen-bond donors (Lipinski definition) is 1. The van der Waals surface area contributed by atoms with E-state index in [9.17, 15) is 9.59 Å². The Labute approximate surface area is 150 Å². The van der Waals surface area contributed by atoms with Crippen molar-refractivity contribution >= 4 is 29.1 Å². The van der Waals surface area contributed by atoms with Crippen molar-refractivity contribution in [2.45, 2.75) is 6.92 Å². The summed E-state index contributed by atoms with van der Waals surface area (Å²) in [5.41, 5.74) is 4.47. The molecule has 1 aliphatic rings. The minimum absolute atomic E-state index is 0.162. The fourth-order valence-electron chi connectivity index (χ4n) is 2.59. The number of thiazole rings is 1. The van der Waals surface area contributed by atoms with Crippen LogP contribution in [0.15, 0.2) is 35.2 Å². The van der Waals surface area contributed by atoms with E-state index in [2.05, 4.69) is 10.3 Å². The molecule has 1 aliphatic heterocycles. The smallest absolute Gasteiger partial charge is 0.409 e. The number of piperazine rings is 1. The van der Waals surface area contributed by atoms with E-state index < -0.39 is 0 Å². The maximum Gasteiger partial charge on any atom is 0.409 e. The molecule has 3 amide bonds. The molecule has 1 aromatic carbocycles. The second-order valence-corrected chi connectivity index (χ2v) is 6.27. The van der Waals surface area contributed by atoms with Crippen molar-refractivity contribution in [1.29, 1.82) is 0 Å². The Hall–Kier alpha value is -2.61. The molecular weight excluding hydrogens is 340 g/mol. The van der Waals surface area contributed by atoms with Gasteiger partial charge in [-0.15, -0.1) is 11.3 Å². The molecule has 1 fully saturated rings. The fourth-order valence-corrected chi connectivity index (χ4v) is 3.15. The predicted molar refractivity (Wildman–Crippen MR) is 96.7 cm³/mol. The molecule has 1 aromatic heterocycles. The van der Waals surface area contributed by atoms with E-state index in [0.717, 1.165) is 16.9 Å². The van der Waals surface area contributed by atoms with Gasteiger partial charge < -0.3 is 19.9 Å². The van der Waals surface area contributed by atoms with Crippen molar-refractivity contribution < 1.29 is 14.3 Å². The van der Waals surface area contributed by atoms with Crippen molar-refractivity contribution in [3.63, 3.8) is 0 Å². The molecule has 0 unspecified atom stereocenters. The zero-order chi connectivity index (χ0) is 17.6. The van der Waals surface area contributed by atoms with Gasteiger partial charge in [-0.2, -0.15) is 0 Å². The van der Waals surface area contributed by atoms with Gasteiger partial charge in [0.2, 0.25) is 0 Å². The number of hydrogen-bond acceptors (Lipinski definition) is 5. The average Bonchev–Trinajstić information content (AvgIpc) is 3.17. The summed E-state index contributed by atoms with van der Waals surface area (Å²) in [6.45, 7) is 4.07. The Morgan fingerprint density at radius 2 is 1.84 bits per heavy atom. The lowest BCUT2D eigenvalue weighted by atomic mass is 10.1. The molecule has 0 bridgehead atoms. The minimum atomic E-state index is -0.319. The zero-order valence-corrected chi connectivity index (χ0v) is 14.8. The lowest BCUT2D eigenvalue weighted by Crippen LogP contribution is -2.51. The van der Waals surface area contributed by atoms with Crippen LogP contribution < -0.4 is 5.32 Å². The number of nitrogens with zero attached hydrogens (tertiary/aromatic N) is 3. The summed E-state index contributed by atoms with van der Waals surface area (Å²) in [4.78, 5) is 31.6. The lowest BCUT2D eigenvalue weighted by molar-refractivity contribution is 0.0868. The lowest BCUT2D eigenvalue weighted by Gasteiger charge is -2.34. The van der Waals surface area contributed by atoms with E-state index in [1.807, 2.05) is 29.6 Å². The van der Waals surface area contributed by atoms with Crippen LogP contribution in [0.1, 0.15) is 6.92 Å². The Kier molecular flexibility index (Phi) is 5.49. The van der Waals surface area contributed by atoms with Crippen LogP contribution in [0.4, 0.5) is 15.3 Å². The largest absolute Gasteiger partial charge is 0.450 e. The first kappa shape index (κ1) is 17.2. The summed E-state index contributed by atoms with van der Waals surface area (Å²) in [5.74, 6) is 0. The minimum Gasteiger partial charge on any atom is -0.450 e. The highest BCUT2D eigenvalue weighted by Gasteiger charge is 2.24. The molecule has 1 saturated heterocycles. The molecular formula is C17H20N4O3S. The summed E-state index contributed by atoms with van der Waals surface area (Å²) in [5, 5.41) is 4.87. The van der Waals surface area contributed by atoms with Gasteiger partial charge in [0.05, 0.1) is 17.8 Å². The third-order valence-electron chi connectivity index (χ3n) is 3.96. The van der Waals surface area contributed by atoms with Crippen molar-refractivity contribution in [3.8, 4) is 11.3 Å². The van der Waals surface area contributed by atoms with Gasteiger partial charge in [-0.1, -0.05) is 12.1 Å². The van der Waals surface area contributed by atoms with E-state index in [-0.39, 0.29) is 12.1 Å². The van der Waals surface area contributed by atoms with Crippen molar-refractivity contribution in [2.75, 3.05) is 38.1 Å². The number of urea groups is 1. The van der Waals surface area contributed by atoms with Crippen LogP contribution in [0.5, 0.6) is 0 Å². The summed E-state index contributed by atoms with van der Waals surface area (Å²) in [6.07, 6.45) is -0.319. The molecule has 2 aromatic rings. The second-order valence-electron chi connectivity index (χ2n) is 5.55. The molecule has 0 spiro atoms. The summed E-state index contributed by atoms with van der Waals surface area (Å²) in [7, 11) is 0. The maximum absolute atomic E-state index is 12.4. The summed E-state index contributed by atoms with van der Waals surface area (Å²) in [6, 6.07) is 7.43. The second kappa shape index (κ2) is 7.98. The van der Waals surface area contributed by atoms with Gasteiger partial charge >= 0.3 is 12.1 Å². The molecule has 2 heterocycles. The molecule has 3 rings (SSSR count). The summed E-state index contributed by atoms with van der Waals surface area (Å²) >= 11 is 1.55. The topological polar surface area (TPSA) is 74.8 Å². The highest BCUT2D eigenvalue weighted by molar-refractivity contribution is 7.07. The maximum atomic E-state index is 12.4. The molecule has 7 nitrogen and oxygen atoms in total.